The molecule has 3 heteroatoms. The molecule has 0 saturated carbocycles. The van der Waals surface area contributed by atoms with Gasteiger partial charge in [0.1, 0.15) is 0 Å². The molecule has 2 nitrogen and oxygen atoms in total. The number of benzene rings is 10. The lowest BCUT2D eigenvalue weighted by Gasteiger charge is -2.35. The fourth-order valence-corrected chi connectivity index (χ4v) is 15.5. The number of aromatic nitrogens is 2. The summed E-state index contributed by atoms with van der Waals surface area (Å²) in [5, 5.41) is 10.5. The Bertz CT molecular complexity index is 3490. The highest BCUT2D eigenvalue weighted by Gasteiger charge is 2.43. The molecule has 10 aromatic carbocycles. The molecule has 0 saturated heterocycles. The van der Waals surface area contributed by atoms with Gasteiger partial charge in [-0.3, -0.25) is 0 Å². The Hall–Kier alpha value is -7.98. The highest BCUT2D eigenvalue weighted by Crippen LogP contribution is 2.40. The van der Waals surface area contributed by atoms with Crippen LogP contribution >= 0.6 is 0 Å². The van der Waals surface area contributed by atoms with E-state index in [0.29, 0.717) is 0 Å². The fraction of sp³-hybridized carbons (Fsp3) is 0. The average Bonchev–Trinajstić information content (AvgIpc) is 3.89. The van der Waals surface area contributed by atoms with Gasteiger partial charge in [0.2, 0.25) is 0 Å². The van der Waals surface area contributed by atoms with Gasteiger partial charge in [-0.05, 0) is 79.4 Å². The van der Waals surface area contributed by atoms with Crippen molar-refractivity contribution in [2.75, 3.05) is 0 Å². The van der Waals surface area contributed by atoms with E-state index in [1.165, 1.54) is 86.6 Å². The summed E-state index contributed by atoms with van der Waals surface area (Å²) in [5.74, 6) is 0. The van der Waals surface area contributed by atoms with Crippen LogP contribution in [0.15, 0.2) is 255 Å². The van der Waals surface area contributed by atoms with Crippen molar-refractivity contribution in [2.45, 2.75) is 0 Å². The molecule has 296 valence electrons. The van der Waals surface area contributed by atoms with Gasteiger partial charge in [-0.2, -0.15) is 0 Å². The lowest BCUT2D eigenvalue weighted by Crippen LogP contribution is -2.74. The zero-order chi connectivity index (χ0) is 41.7. The zero-order valence-electron chi connectivity index (χ0n) is 34.6. The SMILES string of the molecule is c1ccc(-c2ccccc2-c2ccc(-n3c4ccccc4c4cccc(-n5c6ccccc6c6c([Si](c7ccccc7)(c7ccccc7)c7ccccc7)cccc65)c43)cc2)cc1. The minimum Gasteiger partial charge on any atom is -0.307 e. The number of fused-ring (bicyclic) bond motifs is 6. The second kappa shape index (κ2) is 15.2. The first-order valence-electron chi connectivity index (χ1n) is 21.8. The molecular weight excluding hydrogens is 777 g/mol. The Morgan fingerprint density at radius 1 is 0.286 bits per heavy atom. The van der Waals surface area contributed by atoms with Gasteiger partial charge in [0, 0.05) is 27.2 Å². The third-order valence-corrected chi connectivity index (χ3v) is 17.9. The van der Waals surface area contributed by atoms with Crippen molar-refractivity contribution in [3.63, 3.8) is 0 Å². The number of hydrogen-bond acceptors (Lipinski definition) is 0. The van der Waals surface area contributed by atoms with Crippen LogP contribution in [0.3, 0.4) is 0 Å². The minimum atomic E-state index is -2.89. The molecule has 0 atom stereocenters. The lowest BCUT2D eigenvalue weighted by molar-refractivity contribution is 1.13. The maximum absolute atomic E-state index is 2.89. The molecular formula is C60H42N2Si. The quantitative estimate of drug-likeness (QED) is 0.107. The van der Waals surface area contributed by atoms with E-state index in [0.717, 1.165) is 11.4 Å². The van der Waals surface area contributed by atoms with Crippen LogP contribution in [-0.4, -0.2) is 17.2 Å². The Morgan fingerprint density at radius 2 is 0.730 bits per heavy atom. The van der Waals surface area contributed by atoms with Gasteiger partial charge in [0.15, 0.2) is 8.07 Å². The summed E-state index contributed by atoms with van der Waals surface area (Å²) in [6.07, 6.45) is 0. The Kier molecular flexibility index (Phi) is 8.87. The van der Waals surface area contributed by atoms with Crippen molar-refractivity contribution in [3.05, 3.63) is 255 Å². The summed E-state index contributed by atoms with van der Waals surface area (Å²) in [4.78, 5) is 0. The molecule has 0 unspecified atom stereocenters. The van der Waals surface area contributed by atoms with E-state index in [4.69, 9.17) is 0 Å². The highest BCUT2D eigenvalue weighted by atomic mass is 28.3. The summed E-state index contributed by atoms with van der Waals surface area (Å²) in [6, 6.07) is 94.2. The monoisotopic (exact) mass is 818 g/mol. The van der Waals surface area contributed by atoms with Crippen LogP contribution in [0.4, 0.5) is 0 Å². The van der Waals surface area contributed by atoms with E-state index in [1.807, 2.05) is 0 Å². The van der Waals surface area contributed by atoms with Gasteiger partial charge in [-0.1, -0.05) is 218 Å². The minimum absolute atomic E-state index is 1.12. The Labute approximate surface area is 368 Å². The summed E-state index contributed by atoms with van der Waals surface area (Å²) < 4.78 is 5.02. The maximum atomic E-state index is 2.54. The molecule has 0 fully saturated rings. The van der Waals surface area contributed by atoms with Crippen LogP contribution < -0.4 is 20.7 Å². The Balaban J connectivity index is 1.14. The van der Waals surface area contributed by atoms with Gasteiger partial charge in [-0.15, -0.1) is 0 Å². The first-order valence-corrected chi connectivity index (χ1v) is 23.8. The van der Waals surface area contributed by atoms with Gasteiger partial charge in [0.05, 0.1) is 27.8 Å². The van der Waals surface area contributed by atoms with Crippen molar-refractivity contribution in [2.24, 2.45) is 0 Å². The summed E-state index contributed by atoms with van der Waals surface area (Å²) in [7, 11) is -2.89. The lowest BCUT2D eigenvalue weighted by atomic mass is 9.94. The second-order valence-corrected chi connectivity index (χ2v) is 20.2. The largest absolute Gasteiger partial charge is 0.307 e. The molecule has 0 aliphatic carbocycles. The fourth-order valence-electron chi connectivity index (χ4n) is 10.5. The molecule has 0 amide bonds. The predicted octanol–water partition coefficient (Wildman–Crippen LogP) is 12.6. The summed E-state index contributed by atoms with van der Waals surface area (Å²) in [5.41, 5.74) is 11.9. The molecule has 2 aromatic heterocycles. The van der Waals surface area contributed by atoms with Crippen molar-refractivity contribution >= 4 is 72.4 Å². The number of hydrogen-bond donors (Lipinski definition) is 0. The van der Waals surface area contributed by atoms with Gasteiger partial charge >= 0.3 is 0 Å². The molecule has 12 aromatic rings. The van der Waals surface area contributed by atoms with E-state index in [-0.39, 0.29) is 0 Å². The second-order valence-electron chi connectivity index (χ2n) is 16.4. The molecule has 0 aliphatic heterocycles. The van der Waals surface area contributed by atoms with Crippen LogP contribution in [0.5, 0.6) is 0 Å². The van der Waals surface area contributed by atoms with Crippen molar-refractivity contribution < 1.29 is 0 Å². The van der Waals surface area contributed by atoms with Crippen LogP contribution in [0.2, 0.25) is 0 Å². The van der Waals surface area contributed by atoms with Crippen molar-refractivity contribution in [3.8, 4) is 33.6 Å². The third kappa shape index (κ3) is 5.78. The third-order valence-electron chi connectivity index (χ3n) is 13.1. The normalized spacial score (nSPS) is 11.8. The van der Waals surface area contributed by atoms with Crippen LogP contribution in [0.1, 0.15) is 0 Å². The Morgan fingerprint density at radius 3 is 1.33 bits per heavy atom. The van der Waals surface area contributed by atoms with E-state index in [2.05, 4.69) is 264 Å². The van der Waals surface area contributed by atoms with Crippen LogP contribution in [-0.2, 0) is 0 Å². The zero-order valence-corrected chi connectivity index (χ0v) is 35.6. The molecule has 2 heterocycles. The van der Waals surface area contributed by atoms with E-state index < -0.39 is 8.07 Å². The summed E-state index contributed by atoms with van der Waals surface area (Å²) in [6.45, 7) is 0. The smallest absolute Gasteiger partial charge is 0.180 e. The number of rotatable bonds is 8. The molecule has 0 spiro atoms. The standard InChI is InChI=1S/C60H42N2Si/c1-5-21-43(22-6-1)49-29-13-14-30-50(49)44-39-41-45(42-40-44)61-54-34-17-15-31-51(54)52-33-19-37-57(60(52)61)62-55-35-18-16-32-53(55)59-56(62)36-20-38-58(59)63(46-23-7-2-8-24-46,47-25-9-3-10-26-47)48-27-11-4-12-28-48/h1-42H. The average molecular weight is 819 g/mol. The molecule has 63 heavy (non-hydrogen) atoms. The highest BCUT2D eigenvalue weighted by molar-refractivity contribution is 7.20. The first-order chi connectivity index (χ1) is 31.3. The molecule has 0 bridgehead atoms. The van der Waals surface area contributed by atoms with Gasteiger partial charge < -0.3 is 9.13 Å². The van der Waals surface area contributed by atoms with Crippen LogP contribution in [0, 0.1) is 0 Å². The topological polar surface area (TPSA) is 9.86 Å². The molecule has 0 radical (unpaired) electrons. The van der Waals surface area contributed by atoms with Gasteiger partial charge in [-0.25, -0.2) is 0 Å². The van der Waals surface area contributed by atoms with E-state index in [9.17, 15) is 0 Å². The van der Waals surface area contributed by atoms with Crippen molar-refractivity contribution in [1.29, 1.82) is 0 Å². The predicted molar refractivity (Wildman–Crippen MR) is 270 cm³/mol. The molecule has 0 N–H and O–H groups in total. The first kappa shape index (κ1) is 36.8. The van der Waals surface area contributed by atoms with Crippen molar-refractivity contribution in [1.82, 2.24) is 9.13 Å². The molecule has 12 rings (SSSR count). The van der Waals surface area contributed by atoms with Gasteiger partial charge in [0.25, 0.3) is 0 Å². The molecule has 0 aliphatic rings. The van der Waals surface area contributed by atoms with E-state index >= 15 is 0 Å². The maximum Gasteiger partial charge on any atom is 0.180 e. The van der Waals surface area contributed by atoms with E-state index in [1.54, 1.807) is 0 Å². The number of nitrogens with zero attached hydrogens (tertiary/aromatic N) is 2. The summed E-state index contributed by atoms with van der Waals surface area (Å²) >= 11 is 0. The van der Waals surface area contributed by atoms with Crippen LogP contribution in [0.25, 0.3) is 77.2 Å². The number of para-hydroxylation sites is 3.